The molecule has 2 nitrogen and oxygen atoms in total. The normalized spacial score (nSPS) is 12.7. The summed E-state index contributed by atoms with van der Waals surface area (Å²) in [7, 11) is 0. The van der Waals surface area contributed by atoms with Gasteiger partial charge in [-0.15, -0.1) is 0 Å². The van der Waals surface area contributed by atoms with Gasteiger partial charge in [0.25, 0.3) is 0 Å². The van der Waals surface area contributed by atoms with E-state index < -0.39 is 0 Å². The quantitative estimate of drug-likeness (QED) is 0.126. The van der Waals surface area contributed by atoms with Crippen molar-refractivity contribution in [2.24, 2.45) is 4.99 Å². The Labute approximate surface area is 223 Å². The van der Waals surface area contributed by atoms with Crippen molar-refractivity contribution in [3.8, 4) is 0 Å². The molecule has 0 aliphatic carbocycles. The van der Waals surface area contributed by atoms with Gasteiger partial charge in [0.2, 0.25) is 0 Å². The second-order valence-corrected chi connectivity index (χ2v) is 10.7. The molecule has 0 aliphatic rings. The van der Waals surface area contributed by atoms with Crippen molar-refractivity contribution in [1.82, 2.24) is 0 Å². The van der Waals surface area contributed by atoms with Crippen LogP contribution in [0.25, 0.3) is 0 Å². The van der Waals surface area contributed by atoms with Gasteiger partial charge in [0.1, 0.15) is 0 Å². The van der Waals surface area contributed by atoms with Crippen LogP contribution in [0.4, 0.5) is 11.4 Å². The predicted octanol–water partition coefficient (Wildman–Crippen LogP) is 9.96. The molecule has 0 amide bonds. The third kappa shape index (κ3) is 10.8. The molecule has 2 aromatic carbocycles. The zero-order valence-corrected chi connectivity index (χ0v) is 24.1. The van der Waals surface area contributed by atoms with Crippen molar-refractivity contribution >= 4 is 22.8 Å². The van der Waals surface area contributed by atoms with Gasteiger partial charge in [0.05, 0.1) is 0 Å². The van der Waals surface area contributed by atoms with E-state index in [2.05, 4.69) is 81.6 Å². The van der Waals surface area contributed by atoms with E-state index in [0.29, 0.717) is 0 Å². The standard InChI is InChI=1S/C32H48N2.Ni/c1-7-9-11-13-14-16-18-32(34-30-23-27(5)20-28(6)24-30)31(17-15-12-10-8-2)33-29-21-25(3)19-26(4)22-29;/h19-24H,7-18H2,1-6H3;/q;+1. The Bertz CT molecular complexity index is 947. The van der Waals surface area contributed by atoms with Gasteiger partial charge in [0, 0.05) is 0 Å². The molecule has 35 heavy (non-hydrogen) atoms. The van der Waals surface area contributed by atoms with Crippen LogP contribution in [0.15, 0.2) is 41.4 Å². The maximum absolute atomic E-state index is 5.73. The molecule has 0 N–H and O–H groups in total. The molecule has 2 rings (SSSR count). The summed E-state index contributed by atoms with van der Waals surface area (Å²) in [5.74, 6) is 0. The Morgan fingerprint density at radius 3 is 1.66 bits per heavy atom. The first-order valence-corrected chi connectivity index (χ1v) is 14.3. The summed E-state index contributed by atoms with van der Waals surface area (Å²) in [5.41, 5.74) is 9.64. The Kier molecular flexibility index (Phi) is 13.6. The summed E-state index contributed by atoms with van der Waals surface area (Å²) >= 11 is 5.73. The van der Waals surface area contributed by atoms with Gasteiger partial charge >= 0.3 is 224 Å². The van der Waals surface area contributed by atoms with Gasteiger partial charge in [0.15, 0.2) is 0 Å². The summed E-state index contributed by atoms with van der Waals surface area (Å²) in [6, 6.07) is 13.3. The van der Waals surface area contributed by atoms with Crippen LogP contribution in [0, 0.1) is 27.7 Å². The van der Waals surface area contributed by atoms with Crippen molar-refractivity contribution < 1.29 is 19.3 Å². The fourth-order valence-electron chi connectivity index (χ4n) is 4.78. The summed E-state index contributed by atoms with van der Waals surface area (Å²) < 4.78 is 2.06. The first kappa shape index (κ1) is 29.5. The molecule has 0 saturated carbocycles. The number of aryl methyl sites for hydroxylation is 4. The molecule has 0 saturated heterocycles. The van der Waals surface area contributed by atoms with Gasteiger partial charge in [-0.05, 0) is 0 Å². The van der Waals surface area contributed by atoms with Crippen LogP contribution in [-0.2, 0) is 15.7 Å². The number of unbranched alkanes of at least 4 members (excludes halogenated alkanes) is 8. The molecule has 0 unspecified atom stereocenters. The second kappa shape index (κ2) is 16.1. The zero-order chi connectivity index (χ0) is 25.6. The van der Waals surface area contributed by atoms with Gasteiger partial charge in [-0.2, -0.15) is 0 Å². The molecule has 0 bridgehead atoms. The Hall–Kier alpha value is -1.73. The number of aliphatic imine (C=N–C) groups is 1. The van der Waals surface area contributed by atoms with Crippen LogP contribution in [0.5, 0.6) is 0 Å². The van der Waals surface area contributed by atoms with Gasteiger partial charge in [-0.25, -0.2) is 0 Å². The van der Waals surface area contributed by atoms with Gasteiger partial charge in [-0.3, -0.25) is 0 Å². The molecule has 0 aliphatic heterocycles. The van der Waals surface area contributed by atoms with Crippen molar-refractivity contribution in [2.45, 2.75) is 119 Å². The monoisotopic (exact) mass is 518 g/mol. The molecule has 0 spiro atoms. The molecular formula is C32H48N2Ni+. The van der Waals surface area contributed by atoms with Crippen molar-refractivity contribution in [3.05, 3.63) is 58.7 Å². The molecule has 3 heteroatoms. The van der Waals surface area contributed by atoms with Crippen LogP contribution >= 0.6 is 0 Å². The fraction of sp³-hybridized carbons (Fsp3) is 0.562. The number of hydrogen-bond donors (Lipinski definition) is 0. The average Bonchev–Trinajstić information content (AvgIpc) is 2.79. The SMILES string of the molecule is CCCCCCCCC(=Nc1cc(C)cc(C)c1)C(CCCCCC)=[N+]([Ni])c1cc(C)cc(C)c1. The van der Waals surface area contributed by atoms with E-state index in [1.165, 1.54) is 91.5 Å². The molecule has 0 radical (unpaired) electrons. The Balaban J connectivity index is 2.47. The van der Waals surface area contributed by atoms with Crippen molar-refractivity contribution in [1.29, 1.82) is 0 Å². The van der Waals surface area contributed by atoms with E-state index in [1.54, 1.807) is 0 Å². The average molecular weight is 519 g/mol. The summed E-state index contributed by atoms with van der Waals surface area (Å²) in [5, 5.41) is 0. The van der Waals surface area contributed by atoms with Crippen LogP contribution in [0.3, 0.4) is 0 Å². The van der Waals surface area contributed by atoms with E-state index in [0.717, 1.165) is 30.6 Å². The molecule has 2 aromatic rings. The van der Waals surface area contributed by atoms with Crippen molar-refractivity contribution in [3.63, 3.8) is 0 Å². The predicted molar refractivity (Wildman–Crippen MR) is 151 cm³/mol. The van der Waals surface area contributed by atoms with Crippen LogP contribution in [0.2, 0.25) is 0 Å². The zero-order valence-electron chi connectivity index (χ0n) is 23.2. The van der Waals surface area contributed by atoms with E-state index in [1.807, 2.05) is 0 Å². The number of benzene rings is 2. The third-order valence-electron chi connectivity index (χ3n) is 6.48. The minimum atomic E-state index is 0.993. The fourth-order valence-corrected chi connectivity index (χ4v) is 5.15. The molecule has 0 fully saturated rings. The molecule has 0 aromatic heterocycles. The van der Waals surface area contributed by atoms with Gasteiger partial charge < -0.3 is 0 Å². The second-order valence-electron chi connectivity index (χ2n) is 10.3. The van der Waals surface area contributed by atoms with Gasteiger partial charge in [-0.1, -0.05) is 0 Å². The first-order chi connectivity index (χ1) is 16.8. The molecule has 0 atom stereocenters. The van der Waals surface area contributed by atoms with Crippen LogP contribution < -0.4 is 0 Å². The topological polar surface area (TPSA) is 15.4 Å². The first-order valence-electron chi connectivity index (χ1n) is 13.9. The van der Waals surface area contributed by atoms with Crippen LogP contribution in [-0.4, -0.2) is 15.1 Å². The van der Waals surface area contributed by atoms with Crippen molar-refractivity contribution in [2.75, 3.05) is 0 Å². The number of rotatable bonds is 15. The molecular weight excluding hydrogens is 471 g/mol. The Morgan fingerprint density at radius 1 is 0.629 bits per heavy atom. The number of nitrogens with zero attached hydrogens (tertiary/aromatic N) is 2. The Morgan fingerprint density at radius 2 is 1.09 bits per heavy atom. The molecule has 0 heterocycles. The summed E-state index contributed by atoms with van der Waals surface area (Å²) in [6.07, 6.45) is 14.6. The summed E-state index contributed by atoms with van der Waals surface area (Å²) in [6.45, 7) is 13.2. The van der Waals surface area contributed by atoms with E-state index >= 15 is 0 Å². The van der Waals surface area contributed by atoms with E-state index in [-0.39, 0.29) is 0 Å². The number of hydrogen-bond acceptors (Lipinski definition) is 1. The van der Waals surface area contributed by atoms with E-state index in [4.69, 9.17) is 20.7 Å². The third-order valence-corrected chi connectivity index (χ3v) is 7.00. The molecule has 195 valence electrons. The maximum atomic E-state index is 5.73. The van der Waals surface area contributed by atoms with Crippen LogP contribution in [0.1, 0.15) is 113 Å². The van der Waals surface area contributed by atoms with E-state index in [9.17, 15) is 0 Å². The summed E-state index contributed by atoms with van der Waals surface area (Å²) in [4.78, 5) is 5.28. The minimum absolute atomic E-state index is 0.993.